The molecular formula is C50H36N2O. The highest BCUT2D eigenvalue weighted by atomic mass is 16.5. The Labute approximate surface area is 308 Å². The first-order valence-corrected chi connectivity index (χ1v) is 18.6. The SMILES string of the molecule is C=C/C=C(\C=C/n1c2ccccc2c2ccc3c(c21)Oc1ccccc1C31c2ccccc2-n2c3ccccc3c3cccc1c32)CC1C=CC=CC1. The maximum atomic E-state index is 7.21. The smallest absolute Gasteiger partial charge is 0.156 e. The lowest BCUT2D eigenvalue weighted by Crippen LogP contribution is -2.37. The van der Waals surface area contributed by atoms with Gasteiger partial charge in [0.2, 0.25) is 0 Å². The number of hydrogen-bond donors (Lipinski definition) is 0. The van der Waals surface area contributed by atoms with Gasteiger partial charge in [0.25, 0.3) is 0 Å². The molecule has 0 fully saturated rings. The van der Waals surface area contributed by atoms with Crippen molar-refractivity contribution in [2.45, 2.75) is 18.3 Å². The second-order valence-electron chi connectivity index (χ2n) is 14.5. The van der Waals surface area contributed by atoms with E-state index in [1.165, 1.54) is 55.0 Å². The van der Waals surface area contributed by atoms with Crippen LogP contribution in [0.3, 0.4) is 0 Å². The number of aromatic nitrogens is 2. The minimum Gasteiger partial charge on any atom is -0.454 e. The molecule has 252 valence electrons. The Morgan fingerprint density at radius 2 is 1.40 bits per heavy atom. The lowest BCUT2D eigenvalue weighted by molar-refractivity contribution is 0.438. The highest BCUT2D eigenvalue weighted by Gasteiger charge is 2.50. The maximum Gasteiger partial charge on any atom is 0.156 e. The van der Waals surface area contributed by atoms with Gasteiger partial charge in [-0.25, -0.2) is 0 Å². The molecule has 11 rings (SSSR count). The summed E-state index contributed by atoms with van der Waals surface area (Å²) in [5, 5.41) is 4.90. The number of benzene rings is 6. The molecule has 3 nitrogen and oxygen atoms in total. The van der Waals surface area contributed by atoms with Gasteiger partial charge < -0.3 is 13.9 Å². The van der Waals surface area contributed by atoms with Crippen LogP contribution in [-0.4, -0.2) is 9.13 Å². The van der Waals surface area contributed by atoms with Crippen LogP contribution in [0.2, 0.25) is 0 Å². The van der Waals surface area contributed by atoms with E-state index in [9.17, 15) is 0 Å². The van der Waals surface area contributed by atoms with Gasteiger partial charge in [-0.1, -0.05) is 146 Å². The van der Waals surface area contributed by atoms with E-state index >= 15 is 0 Å². The number of rotatable bonds is 5. The van der Waals surface area contributed by atoms with Crippen LogP contribution in [0.1, 0.15) is 35.1 Å². The molecule has 8 aromatic rings. The fraction of sp³-hybridized carbons (Fsp3) is 0.0800. The largest absolute Gasteiger partial charge is 0.454 e. The summed E-state index contributed by atoms with van der Waals surface area (Å²) < 4.78 is 12.1. The summed E-state index contributed by atoms with van der Waals surface area (Å²) in [6.07, 6.45) is 19.4. The van der Waals surface area contributed by atoms with E-state index in [0.717, 1.165) is 46.5 Å². The molecule has 6 aromatic carbocycles. The molecule has 2 unspecified atom stereocenters. The van der Waals surface area contributed by atoms with Crippen molar-refractivity contribution in [3.05, 3.63) is 204 Å². The normalized spacial score (nSPS) is 18.6. The van der Waals surface area contributed by atoms with Crippen molar-refractivity contribution in [1.29, 1.82) is 0 Å². The van der Waals surface area contributed by atoms with Crippen molar-refractivity contribution in [3.63, 3.8) is 0 Å². The van der Waals surface area contributed by atoms with Gasteiger partial charge in [-0.15, -0.1) is 0 Å². The minimum atomic E-state index is -0.626. The standard InChI is InChI=1S/C50H36N2O/c1-2-15-33(32-34-16-4-3-5-17-34)30-31-51-43-24-10-6-18-35(43)38-28-29-42-49(48(38)51)53-46-27-13-9-22-40(46)50(42)39-21-8-12-26-45(39)52-44-25-11-7-19-36(44)37-20-14-23-41(50)47(37)52/h2-16,18-31,34H,1,17,32H2/b31-30-,33-15+. The number of nitrogens with zero attached hydrogens (tertiary/aromatic N) is 2. The Kier molecular flexibility index (Phi) is 6.51. The van der Waals surface area contributed by atoms with Gasteiger partial charge in [0.05, 0.1) is 33.2 Å². The van der Waals surface area contributed by atoms with E-state index < -0.39 is 5.41 Å². The van der Waals surface area contributed by atoms with Gasteiger partial charge in [0, 0.05) is 38.9 Å². The first-order chi connectivity index (χ1) is 26.3. The molecule has 0 N–H and O–H groups in total. The number of ether oxygens (including phenoxy) is 1. The van der Waals surface area contributed by atoms with Crippen LogP contribution < -0.4 is 4.74 Å². The van der Waals surface area contributed by atoms with E-state index in [1.54, 1.807) is 0 Å². The Hall–Kier alpha value is -6.58. The number of fused-ring (bicyclic) bond motifs is 15. The van der Waals surface area contributed by atoms with Gasteiger partial charge in [-0.3, -0.25) is 0 Å². The van der Waals surface area contributed by atoms with E-state index in [4.69, 9.17) is 4.74 Å². The predicted octanol–water partition coefficient (Wildman–Crippen LogP) is 12.8. The molecule has 1 aliphatic carbocycles. The number of para-hydroxylation sites is 5. The lowest BCUT2D eigenvalue weighted by Gasteiger charge is -2.45. The third-order valence-corrected chi connectivity index (χ3v) is 11.7. The zero-order chi connectivity index (χ0) is 35.1. The first-order valence-electron chi connectivity index (χ1n) is 18.6. The third kappa shape index (κ3) is 4.11. The van der Waals surface area contributed by atoms with E-state index in [0.29, 0.717) is 5.92 Å². The molecular weight excluding hydrogens is 645 g/mol. The molecule has 3 heteroatoms. The van der Waals surface area contributed by atoms with E-state index in [2.05, 4.69) is 186 Å². The topological polar surface area (TPSA) is 19.1 Å². The van der Waals surface area contributed by atoms with Gasteiger partial charge >= 0.3 is 0 Å². The Balaban J connectivity index is 1.24. The van der Waals surface area contributed by atoms with Gasteiger partial charge in [0.15, 0.2) is 5.75 Å². The summed E-state index contributed by atoms with van der Waals surface area (Å²) in [5.74, 6) is 2.24. The summed E-state index contributed by atoms with van der Waals surface area (Å²) >= 11 is 0. The first kappa shape index (κ1) is 30.1. The van der Waals surface area contributed by atoms with Gasteiger partial charge in [-0.05, 0) is 65.8 Å². The average molecular weight is 681 g/mol. The molecule has 3 aliphatic rings. The molecule has 1 spiro atoms. The molecule has 0 radical (unpaired) electrons. The molecule has 53 heavy (non-hydrogen) atoms. The molecule has 0 saturated heterocycles. The third-order valence-electron chi connectivity index (χ3n) is 11.7. The van der Waals surface area contributed by atoms with Crippen LogP contribution >= 0.6 is 0 Å². The molecule has 0 saturated carbocycles. The van der Waals surface area contributed by atoms with Crippen molar-refractivity contribution >= 4 is 49.8 Å². The van der Waals surface area contributed by atoms with Crippen molar-refractivity contribution in [3.8, 4) is 17.2 Å². The highest BCUT2D eigenvalue weighted by Crippen LogP contribution is 2.61. The molecule has 2 aromatic heterocycles. The summed E-state index contributed by atoms with van der Waals surface area (Å²) in [7, 11) is 0. The van der Waals surface area contributed by atoms with Crippen molar-refractivity contribution in [2.24, 2.45) is 5.92 Å². The van der Waals surface area contributed by atoms with Crippen molar-refractivity contribution in [1.82, 2.24) is 9.13 Å². The summed E-state index contributed by atoms with van der Waals surface area (Å²) in [5.41, 5.74) is 11.3. The second kappa shape index (κ2) is 11.5. The zero-order valence-electron chi connectivity index (χ0n) is 29.2. The number of hydrogen-bond acceptors (Lipinski definition) is 1. The van der Waals surface area contributed by atoms with Crippen LogP contribution in [0, 0.1) is 5.92 Å². The second-order valence-corrected chi connectivity index (χ2v) is 14.5. The number of allylic oxidation sites excluding steroid dienone is 8. The van der Waals surface area contributed by atoms with Gasteiger partial charge in [-0.2, -0.15) is 0 Å². The van der Waals surface area contributed by atoms with Crippen LogP contribution in [-0.2, 0) is 5.41 Å². The van der Waals surface area contributed by atoms with Crippen LogP contribution in [0.5, 0.6) is 11.5 Å². The molecule has 0 amide bonds. The Morgan fingerprint density at radius 3 is 2.25 bits per heavy atom. The van der Waals surface area contributed by atoms with E-state index in [-0.39, 0.29) is 0 Å². The zero-order valence-corrected chi connectivity index (χ0v) is 29.2. The summed E-state index contributed by atoms with van der Waals surface area (Å²) in [6.45, 7) is 4.06. The Bertz CT molecular complexity index is 2960. The monoisotopic (exact) mass is 680 g/mol. The van der Waals surface area contributed by atoms with Crippen LogP contribution in [0.4, 0.5) is 0 Å². The van der Waals surface area contributed by atoms with Crippen LogP contribution in [0.25, 0.3) is 55.5 Å². The molecule has 2 atom stereocenters. The fourth-order valence-electron chi connectivity index (χ4n) is 9.62. The maximum absolute atomic E-state index is 7.21. The average Bonchev–Trinajstić information content (AvgIpc) is 3.73. The van der Waals surface area contributed by atoms with E-state index in [1.807, 2.05) is 6.08 Å². The van der Waals surface area contributed by atoms with Gasteiger partial charge in [0.1, 0.15) is 5.75 Å². The van der Waals surface area contributed by atoms with Crippen molar-refractivity contribution < 1.29 is 4.74 Å². The van der Waals surface area contributed by atoms with Crippen molar-refractivity contribution in [2.75, 3.05) is 0 Å². The quantitative estimate of drug-likeness (QED) is 0.166. The summed E-state index contributed by atoms with van der Waals surface area (Å²) in [4.78, 5) is 0. The Morgan fingerprint density at radius 1 is 0.679 bits per heavy atom. The highest BCUT2D eigenvalue weighted by molar-refractivity contribution is 6.14. The predicted molar refractivity (Wildman–Crippen MR) is 220 cm³/mol. The minimum absolute atomic E-state index is 0.464. The summed E-state index contributed by atoms with van der Waals surface area (Å²) in [6, 6.07) is 46.7. The van der Waals surface area contributed by atoms with Crippen LogP contribution in [0.15, 0.2) is 182 Å². The molecule has 0 bridgehead atoms. The molecule has 2 aliphatic heterocycles. The lowest BCUT2D eigenvalue weighted by atomic mass is 9.61. The fourth-order valence-corrected chi connectivity index (χ4v) is 9.62. The molecule has 4 heterocycles.